The number of nitrogens with zero attached hydrogens (tertiary/aromatic N) is 8. The number of amides is 7. The molecule has 0 spiro atoms. The summed E-state index contributed by atoms with van der Waals surface area (Å²) < 4.78 is 0. The number of fused-ring (bicyclic) bond motifs is 1. The summed E-state index contributed by atoms with van der Waals surface area (Å²) in [5.41, 5.74) is 9.12. The summed E-state index contributed by atoms with van der Waals surface area (Å²) in [6.45, 7) is 8.55. The summed E-state index contributed by atoms with van der Waals surface area (Å²) in [5.74, 6) is -1.71. The van der Waals surface area contributed by atoms with Gasteiger partial charge in [-0.05, 0) is 93.3 Å². The summed E-state index contributed by atoms with van der Waals surface area (Å²) in [4.78, 5) is 98.7. The molecule has 330 valence electrons. The van der Waals surface area contributed by atoms with E-state index >= 15 is 0 Å². The minimum absolute atomic E-state index is 0.0429. The first-order chi connectivity index (χ1) is 30.5. The number of imide groups is 2. The number of nitrogens with one attached hydrogen (secondary N) is 2. The molecular formula is C46H55N11O6. The number of carbonyl (C=O) groups excluding carboxylic acids is 6. The third-order valence-electron chi connectivity index (χ3n) is 14.9. The van der Waals surface area contributed by atoms with E-state index in [-0.39, 0.29) is 36.0 Å². The Kier molecular flexibility index (Phi) is 10.5. The Balaban J connectivity index is 0.751. The fourth-order valence-electron chi connectivity index (χ4n) is 11.1. The summed E-state index contributed by atoms with van der Waals surface area (Å²) >= 11 is 0. The Morgan fingerprint density at radius 3 is 2.21 bits per heavy atom. The van der Waals surface area contributed by atoms with Crippen LogP contribution in [-0.2, 0) is 15.0 Å². The summed E-state index contributed by atoms with van der Waals surface area (Å²) in [5, 5.41) is 5.59. The maximum atomic E-state index is 13.7. The van der Waals surface area contributed by atoms with Crippen LogP contribution in [0.4, 0.5) is 27.8 Å². The van der Waals surface area contributed by atoms with Gasteiger partial charge in [-0.1, -0.05) is 38.0 Å². The second-order valence-electron chi connectivity index (χ2n) is 18.6. The maximum absolute atomic E-state index is 13.7. The maximum Gasteiger partial charge on any atom is 0.320 e. The zero-order valence-corrected chi connectivity index (χ0v) is 35.8. The first-order valence-corrected chi connectivity index (χ1v) is 22.7. The molecule has 7 aliphatic rings. The lowest BCUT2D eigenvalue weighted by Gasteiger charge is -2.50. The predicted molar refractivity (Wildman–Crippen MR) is 234 cm³/mol. The van der Waals surface area contributed by atoms with Crippen molar-refractivity contribution in [3.8, 4) is 0 Å². The average Bonchev–Trinajstić information content (AvgIpc) is 4.00. The largest absolute Gasteiger partial charge is 0.368 e. The van der Waals surface area contributed by atoms with Crippen molar-refractivity contribution >= 4 is 58.6 Å². The number of hydrogen-bond acceptors (Lipinski definition) is 12. The molecule has 0 radical (unpaired) electrons. The highest BCUT2D eigenvalue weighted by Crippen LogP contribution is 2.40. The van der Waals surface area contributed by atoms with Gasteiger partial charge in [-0.3, -0.25) is 39.1 Å². The smallest absolute Gasteiger partial charge is 0.320 e. The van der Waals surface area contributed by atoms with Gasteiger partial charge in [-0.25, -0.2) is 14.8 Å². The van der Waals surface area contributed by atoms with Crippen molar-refractivity contribution in [1.29, 1.82) is 0 Å². The van der Waals surface area contributed by atoms with Crippen molar-refractivity contribution in [2.24, 2.45) is 5.73 Å². The van der Waals surface area contributed by atoms with Gasteiger partial charge >= 0.3 is 6.03 Å². The molecule has 2 aromatic carbocycles. The molecule has 1 aliphatic carbocycles. The van der Waals surface area contributed by atoms with Gasteiger partial charge in [-0.15, -0.1) is 0 Å². The van der Waals surface area contributed by atoms with Crippen LogP contribution < -0.4 is 26.2 Å². The van der Waals surface area contributed by atoms with Crippen LogP contribution in [0.1, 0.15) is 108 Å². The van der Waals surface area contributed by atoms with E-state index in [4.69, 9.17) is 10.7 Å². The minimum Gasteiger partial charge on any atom is -0.368 e. The number of urea groups is 1. The summed E-state index contributed by atoms with van der Waals surface area (Å²) in [6, 6.07) is 13.5. The number of nitrogens with two attached hydrogens (primary N) is 1. The Morgan fingerprint density at radius 2 is 1.49 bits per heavy atom. The number of hydrogen-bond donors (Lipinski definition) is 3. The van der Waals surface area contributed by atoms with Crippen LogP contribution in [0.25, 0.3) is 0 Å². The quantitative estimate of drug-likeness (QED) is 0.251. The monoisotopic (exact) mass is 857 g/mol. The number of likely N-dealkylation sites (tertiary alicyclic amines) is 1. The molecule has 0 bridgehead atoms. The van der Waals surface area contributed by atoms with E-state index in [1.54, 1.807) is 18.3 Å². The van der Waals surface area contributed by atoms with Gasteiger partial charge < -0.3 is 30.7 Å². The highest BCUT2D eigenvalue weighted by molar-refractivity contribution is 6.25. The van der Waals surface area contributed by atoms with Crippen molar-refractivity contribution in [2.75, 3.05) is 67.5 Å². The van der Waals surface area contributed by atoms with Crippen molar-refractivity contribution in [3.05, 3.63) is 71.0 Å². The molecule has 17 nitrogen and oxygen atoms in total. The molecular weight excluding hydrogens is 803 g/mol. The van der Waals surface area contributed by atoms with Crippen molar-refractivity contribution in [1.82, 2.24) is 34.9 Å². The van der Waals surface area contributed by atoms with Crippen LogP contribution in [0.2, 0.25) is 0 Å². The third kappa shape index (κ3) is 7.42. The second-order valence-corrected chi connectivity index (χ2v) is 18.6. The minimum atomic E-state index is -0.996. The van der Waals surface area contributed by atoms with E-state index in [0.29, 0.717) is 47.1 Å². The van der Waals surface area contributed by atoms with Crippen molar-refractivity contribution in [2.45, 2.75) is 101 Å². The van der Waals surface area contributed by atoms with Gasteiger partial charge in [0.15, 0.2) is 11.5 Å². The number of rotatable bonds is 10. The highest BCUT2D eigenvalue weighted by Gasteiger charge is 2.48. The Bertz CT molecular complexity index is 2350. The first kappa shape index (κ1) is 40.9. The Morgan fingerprint density at radius 1 is 0.794 bits per heavy atom. The molecule has 2 atom stereocenters. The first-order valence-electron chi connectivity index (χ1n) is 22.7. The molecule has 3 aromatic rings. The van der Waals surface area contributed by atoms with Crippen molar-refractivity contribution < 1.29 is 28.8 Å². The van der Waals surface area contributed by atoms with Gasteiger partial charge in [-0.2, -0.15) is 0 Å². The molecule has 7 heterocycles. The molecule has 2 unspecified atom stereocenters. The number of anilines is 4. The lowest BCUT2D eigenvalue weighted by Crippen LogP contribution is -2.62. The summed E-state index contributed by atoms with van der Waals surface area (Å²) in [7, 11) is 0. The van der Waals surface area contributed by atoms with Crippen LogP contribution in [0.15, 0.2) is 48.7 Å². The summed E-state index contributed by atoms with van der Waals surface area (Å²) in [6.07, 6.45) is 10.2. The van der Waals surface area contributed by atoms with Gasteiger partial charge in [0.2, 0.25) is 11.8 Å². The van der Waals surface area contributed by atoms with Gasteiger partial charge in [0, 0.05) is 63.5 Å². The fraction of sp³-hybridized carbons (Fsp3) is 0.522. The molecule has 7 amide bonds. The molecule has 63 heavy (non-hydrogen) atoms. The molecule has 1 saturated carbocycles. The number of primary amides is 1. The lowest BCUT2D eigenvalue weighted by atomic mass is 9.74. The Labute approximate surface area is 366 Å². The van der Waals surface area contributed by atoms with Crippen LogP contribution in [0, 0.1) is 0 Å². The predicted octanol–water partition coefficient (Wildman–Crippen LogP) is 3.61. The van der Waals surface area contributed by atoms with Crippen LogP contribution >= 0.6 is 0 Å². The number of piperidine rings is 3. The zero-order chi connectivity index (χ0) is 43.6. The standard InChI is InChI=1S/C46H55N11O6/c1-46(17-20-52(21-18-46)32-26-54(27-32)34-10-4-9-33-38(34)44(62)57(43(33)61)35-15-16-37(58)51-42(35)60)28-11-13-29(14-12-28)49-41-39(40(47)59)48-24-36(50-41)53-19-5-8-31(25-53)56-23-22-55(45(56)63)30-6-2-3-7-30/h4,9-14,24,30-32,35H,2-3,5-8,15-23,25-27H2,1H3,(H2,47,59)(H,49,50)(H,51,58,60). The van der Waals surface area contributed by atoms with E-state index in [9.17, 15) is 28.8 Å². The van der Waals surface area contributed by atoms with E-state index in [2.05, 4.69) is 59.2 Å². The molecule has 10 rings (SSSR count). The number of benzene rings is 2. The van der Waals surface area contributed by atoms with Crippen LogP contribution in [0.5, 0.6) is 0 Å². The van der Waals surface area contributed by atoms with Crippen LogP contribution in [-0.4, -0.2) is 142 Å². The second kappa shape index (κ2) is 16.2. The average molecular weight is 858 g/mol. The normalized spacial score (nSPS) is 24.6. The van der Waals surface area contributed by atoms with Gasteiger partial charge in [0.05, 0.1) is 29.1 Å². The third-order valence-corrected chi connectivity index (χ3v) is 14.9. The van der Waals surface area contributed by atoms with E-state index < -0.39 is 35.6 Å². The van der Waals surface area contributed by atoms with Gasteiger partial charge in [0.1, 0.15) is 11.9 Å². The molecule has 1 aromatic heterocycles. The molecule has 6 aliphatic heterocycles. The highest BCUT2D eigenvalue weighted by atomic mass is 16.2. The lowest BCUT2D eigenvalue weighted by molar-refractivity contribution is -0.136. The topological polar surface area (TPSA) is 198 Å². The van der Waals surface area contributed by atoms with E-state index in [1.165, 1.54) is 18.4 Å². The molecule has 6 fully saturated rings. The van der Waals surface area contributed by atoms with E-state index in [1.807, 2.05) is 18.2 Å². The molecule has 17 heteroatoms. The zero-order valence-electron chi connectivity index (χ0n) is 35.8. The molecule has 4 N–H and O–H groups in total. The van der Waals surface area contributed by atoms with E-state index in [0.717, 1.165) is 94.9 Å². The van der Waals surface area contributed by atoms with Crippen LogP contribution in [0.3, 0.4) is 0 Å². The SMILES string of the molecule is CC1(c2ccc(Nc3nc(N4CCCC(N5CCN(C6CCCC6)C5=O)C4)cnc3C(N)=O)cc2)CCN(C2CN(c3cccc4c3C(=O)N(C3CCC(=O)NC3=O)C4=O)C2)CC1. The fourth-order valence-corrected chi connectivity index (χ4v) is 11.1. The van der Waals surface area contributed by atoms with Gasteiger partial charge in [0.25, 0.3) is 17.7 Å². The number of aromatic nitrogens is 2. The number of carbonyl (C=O) groups is 6. The Hall–Kier alpha value is -6.10. The molecule has 5 saturated heterocycles. The van der Waals surface area contributed by atoms with Crippen molar-refractivity contribution in [3.63, 3.8) is 0 Å².